The second-order valence-corrected chi connectivity index (χ2v) is 7.05. The molecular weight excluding hydrogens is 511 g/mol. The van der Waals surface area contributed by atoms with E-state index in [-0.39, 0.29) is 0 Å². The normalized spacial score (nSPS) is 11.2. The van der Waals surface area contributed by atoms with Crippen molar-refractivity contribution in [3.05, 3.63) is 62.9 Å². The molecule has 4 heterocycles. The number of fused-ring (bicyclic) bond motifs is 6. The lowest BCUT2D eigenvalue weighted by Crippen LogP contribution is -2.16. The number of ether oxygens (including phenoxy) is 2. The number of carbonyl (C=O) groups is 4. The van der Waals surface area contributed by atoms with Crippen molar-refractivity contribution >= 4 is 79.8 Å². The molecule has 34 heavy (non-hydrogen) atoms. The molecule has 0 aliphatic rings. The molecule has 4 bridgehead atoms. The topological polar surface area (TPSA) is 222 Å². The van der Waals surface area contributed by atoms with Crippen molar-refractivity contribution in [2.45, 2.75) is 0 Å². The van der Waals surface area contributed by atoms with Crippen molar-refractivity contribution in [1.29, 1.82) is 0 Å². The van der Waals surface area contributed by atoms with Crippen molar-refractivity contribution in [3.63, 3.8) is 0 Å². The lowest BCUT2D eigenvalue weighted by molar-refractivity contribution is 0.0492. The summed E-state index contributed by atoms with van der Waals surface area (Å²) in [6, 6.07) is 0. The summed E-state index contributed by atoms with van der Waals surface area (Å²) in [5.41, 5.74) is -8.49. The Morgan fingerprint density at radius 2 is 0.853 bits per heavy atom. The van der Waals surface area contributed by atoms with Crippen molar-refractivity contribution in [2.24, 2.45) is 0 Å². The summed E-state index contributed by atoms with van der Waals surface area (Å²) in [5, 5.41) is 10.2. The summed E-state index contributed by atoms with van der Waals surface area (Å²) in [4.78, 5) is 97.0. The SMILES string of the molecule is O=C(O)OC(=O)c1c(Cl)c2c(=O)oc(=O)c1c1c3c(Cl)c(C(=O)OC(=O)O)c(c(=O)oc3=O)c21. The predicted octanol–water partition coefficient (Wildman–Crippen LogP) is 1.62. The van der Waals surface area contributed by atoms with Crippen LogP contribution in [0, 0.1) is 0 Å². The Labute approximate surface area is 190 Å². The fourth-order valence-electron chi connectivity index (χ4n) is 3.50. The molecule has 0 fully saturated rings. The minimum atomic E-state index is -2.13. The maximum Gasteiger partial charge on any atom is 0.513 e. The van der Waals surface area contributed by atoms with E-state index in [1.54, 1.807) is 0 Å². The summed E-state index contributed by atoms with van der Waals surface area (Å²) in [6.07, 6.45) is -4.26. The number of esters is 2. The summed E-state index contributed by atoms with van der Waals surface area (Å²) >= 11 is 12.2. The van der Waals surface area contributed by atoms with Crippen LogP contribution in [-0.2, 0) is 9.47 Å². The van der Waals surface area contributed by atoms with E-state index >= 15 is 0 Å². The molecule has 4 aromatic heterocycles. The van der Waals surface area contributed by atoms with Crippen LogP contribution in [0.15, 0.2) is 28.0 Å². The van der Waals surface area contributed by atoms with Gasteiger partial charge in [-0.3, -0.25) is 0 Å². The highest BCUT2D eigenvalue weighted by Gasteiger charge is 2.35. The largest absolute Gasteiger partial charge is 0.513 e. The highest BCUT2D eigenvalue weighted by atomic mass is 35.5. The monoisotopic (exact) mass is 512 g/mol. The average Bonchev–Trinajstić information content (AvgIpc) is 2.96. The average molecular weight is 513 g/mol. The van der Waals surface area contributed by atoms with Gasteiger partial charge in [-0.05, 0) is 0 Å². The smallest absolute Gasteiger partial charge is 0.449 e. The molecule has 16 heteroatoms. The molecule has 0 atom stereocenters. The summed E-state index contributed by atoms with van der Waals surface area (Å²) in [7, 11) is 0. The molecule has 6 aromatic rings. The summed E-state index contributed by atoms with van der Waals surface area (Å²) in [6.45, 7) is 0. The van der Waals surface area contributed by atoms with Gasteiger partial charge in [-0.15, -0.1) is 0 Å². The number of rotatable bonds is 2. The maximum absolute atomic E-state index is 12.7. The number of benzene rings is 2. The molecule has 0 saturated carbocycles. The van der Waals surface area contributed by atoms with Gasteiger partial charge in [0.25, 0.3) is 0 Å². The Morgan fingerprint density at radius 3 is 1.15 bits per heavy atom. The Hall–Kier alpha value is -4.56. The molecule has 6 rings (SSSR count). The van der Waals surface area contributed by atoms with E-state index in [0.717, 1.165) is 0 Å². The van der Waals surface area contributed by atoms with Crippen LogP contribution in [0.5, 0.6) is 0 Å². The lowest BCUT2D eigenvalue weighted by Gasteiger charge is -2.11. The minimum Gasteiger partial charge on any atom is -0.449 e. The molecule has 14 nitrogen and oxygen atoms in total. The minimum absolute atomic E-state index is 0.740. The fraction of sp³-hybridized carbons (Fsp3) is 0. The first kappa shape index (κ1) is 22.6. The summed E-state index contributed by atoms with van der Waals surface area (Å²) in [5.74, 6) is -3.53. The van der Waals surface area contributed by atoms with Crippen LogP contribution < -0.4 is 22.5 Å². The summed E-state index contributed by atoms with van der Waals surface area (Å²) < 4.78 is 17.1. The van der Waals surface area contributed by atoms with Gasteiger partial charge in [-0.25, -0.2) is 38.4 Å². The number of hydrogen-bond acceptors (Lipinski definition) is 12. The Kier molecular flexibility index (Phi) is 4.99. The van der Waals surface area contributed by atoms with Crippen LogP contribution in [-0.4, -0.2) is 34.5 Å². The fourth-order valence-corrected chi connectivity index (χ4v) is 4.18. The first-order valence-electron chi connectivity index (χ1n) is 8.34. The Morgan fingerprint density at radius 1 is 0.559 bits per heavy atom. The highest BCUT2D eigenvalue weighted by Crippen LogP contribution is 2.42. The van der Waals surface area contributed by atoms with Crippen molar-refractivity contribution in [3.8, 4) is 0 Å². The molecule has 0 spiro atoms. The molecule has 2 aromatic carbocycles. The van der Waals surface area contributed by atoms with E-state index in [4.69, 9.17) is 33.4 Å². The second kappa shape index (κ2) is 7.50. The Bertz CT molecular complexity index is 1710. The Balaban J connectivity index is 2.47. The molecule has 172 valence electrons. The number of hydrogen-bond donors (Lipinski definition) is 2. The third kappa shape index (κ3) is 3.04. The van der Waals surface area contributed by atoms with Gasteiger partial charge in [0.2, 0.25) is 0 Å². The molecule has 0 aliphatic heterocycles. The van der Waals surface area contributed by atoms with Gasteiger partial charge in [-0.2, -0.15) is 0 Å². The van der Waals surface area contributed by atoms with Gasteiger partial charge >= 0.3 is 46.8 Å². The van der Waals surface area contributed by atoms with E-state index in [9.17, 15) is 38.4 Å². The van der Waals surface area contributed by atoms with E-state index in [1.807, 2.05) is 0 Å². The van der Waals surface area contributed by atoms with Crippen LogP contribution in [0.3, 0.4) is 0 Å². The molecular formula is C18H2Cl2O14. The molecule has 0 unspecified atom stereocenters. The van der Waals surface area contributed by atoms with E-state index in [2.05, 4.69) is 18.3 Å². The van der Waals surface area contributed by atoms with Crippen molar-refractivity contribution < 1.29 is 47.7 Å². The zero-order valence-electron chi connectivity index (χ0n) is 15.5. The van der Waals surface area contributed by atoms with Crippen molar-refractivity contribution in [2.75, 3.05) is 0 Å². The van der Waals surface area contributed by atoms with Crippen LogP contribution in [0.25, 0.3) is 32.3 Å². The molecule has 0 amide bonds. The number of carboxylic acid groups (broad SMARTS) is 2. The van der Waals surface area contributed by atoms with Crippen molar-refractivity contribution in [1.82, 2.24) is 0 Å². The van der Waals surface area contributed by atoms with Crippen LogP contribution in [0.2, 0.25) is 10.0 Å². The highest BCUT2D eigenvalue weighted by molar-refractivity contribution is 6.48. The number of carbonyl (C=O) groups excluding carboxylic acids is 2. The van der Waals surface area contributed by atoms with Crippen LogP contribution in [0.1, 0.15) is 20.7 Å². The predicted molar refractivity (Wildman–Crippen MR) is 108 cm³/mol. The van der Waals surface area contributed by atoms with Gasteiger partial charge in [0.1, 0.15) is 0 Å². The van der Waals surface area contributed by atoms with Gasteiger partial charge < -0.3 is 28.5 Å². The quantitative estimate of drug-likeness (QED) is 0.287. The van der Waals surface area contributed by atoms with Gasteiger partial charge in [0, 0.05) is 10.8 Å². The maximum atomic E-state index is 12.7. The molecule has 0 saturated heterocycles. The number of halogens is 2. The van der Waals surface area contributed by atoms with Crippen LogP contribution >= 0.6 is 23.2 Å². The zero-order valence-corrected chi connectivity index (χ0v) is 17.1. The first-order valence-corrected chi connectivity index (χ1v) is 9.10. The van der Waals surface area contributed by atoms with Gasteiger partial charge in [0.05, 0.1) is 42.7 Å². The van der Waals surface area contributed by atoms with Crippen LogP contribution in [0.4, 0.5) is 9.59 Å². The third-order valence-corrected chi connectivity index (χ3v) is 5.34. The second-order valence-electron chi connectivity index (χ2n) is 6.29. The van der Waals surface area contributed by atoms with E-state index in [1.165, 1.54) is 0 Å². The van der Waals surface area contributed by atoms with Gasteiger partial charge in [-0.1, -0.05) is 23.2 Å². The molecule has 0 aliphatic carbocycles. The first-order chi connectivity index (χ1) is 15.9. The van der Waals surface area contributed by atoms with E-state index in [0.29, 0.717) is 0 Å². The third-order valence-electron chi connectivity index (χ3n) is 4.58. The van der Waals surface area contributed by atoms with E-state index < -0.39 is 100 Å². The molecule has 0 radical (unpaired) electrons. The zero-order chi connectivity index (χ0) is 25.2. The van der Waals surface area contributed by atoms with Gasteiger partial charge in [0.15, 0.2) is 0 Å². The standard InChI is InChI=1S/C18H2Cl2O14/c19-9-5-1-2(4(12(22)32-13(5)23)8(9)16(26)34-18(29)30)6-10(20)7(15(25)33-17(27)28)3(1)11(21)31-14(6)24/h(H,27,28)(H,29,30). The lowest BCUT2D eigenvalue weighted by atomic mass is 9.93. The molecule has 2 N–H and O–H groups in total.